The van der Waals surface area contributed by atoms with Gasteiger partial charge in [-0.3, -0.25) is 19.2 Å². The number of likely N-dealkylation sites (N-methyl/N-ethyl adjacent to an activating group) is 1. The van der Waals surface area contributed by atoms with Crippen molar-refractivity contribution in [3.8, 4) is 5.75 Å². The minimum atomic E-state index is -3.78. The number of nitrogens with two attached hydrogens (primary N) is 1. The SMILES string of the molecule is CCC[C@@H](C(=O)N[C@@H](CC1CCCCC1)C(=O)C(F)(F)CN)N(C)C(=O)[C@H](Cc1ccc(OC)cc1)NC(=O)CC(C)C. The highest BCUT2D eigenvalue weighted by Gasteiger charge is 2.44. The van der Waals surface area contributed by atoms with Gasteiger partial charge in [0, 0.05) is 19.9 Å². The molecule has 0 aliphatic heterocycles. The van der Waals surface area contributed by atoms with Crippen molar-refractivity contribution < 1.29 is 32.7 Å². The van der Waals surface area contributed by atoms with Crippen molar-refractivity contribution in [2.75, 3.05) is 20.7 Å². The molecule has 1 aliphatic rings. The standard InChI is InChI=1S/C32H50F2N4O5/c1-6-10-27(30(41)37-25(29(40)32(33,34)20-35)18-22-11-8-7-9-12-22)38(4)31(42)26(36-28(39)17-21(2)3)19-23-13-15-24(43-5)16-14-23/h13-16,21-22,25-27H,6-12,17-20,35H2,1-5H3,(H,36,39)(H,37,41)/t25-,26-,27-/m0/s1. The monoisotopic (exact) mass is 608 g/mol. The van der Waals surface area contributed by atoms with Crippen molar-refractivity contribution in [1.82, 2.24) is 15.5 Å². The Hall–Kier alpha value is -3.08. The van der Waals surface area contributed by atoms with Gasteiger partial charge in [0.25, 0.3) is 0 Å². The van der Waals surface area contributed by atoms with Crippen molar-refractivity contribution in [2.45, 2.75) is 109 Å². The first-order chi connectivity index (χ1) is 20.3. The van der Waals surface area contributed by atoms with Crippen LogP contribution in [0.5, 0.6) is 5.75 Å². The minimum absolute atomic E-state index is 0.0330. The predicted molar refractivity (Wildman–Crippen MR) is 162 cm³/mol. The van der Waals surface area contributed by atoms with Gasteiger partial charge in [-0.2, -0.15) is 8.78 Å². The molecule has 9 nitrogen and oxygen atoms in total. The lowest BCUT2D eigenvalue weighted by Crippen LogP contribution is -2.58. The molecule has 0 spiro atoms. The number of carbonyl (C=O) groups is 4. The molecule has 242 valence electrons. The molecule has 0 radical (unpaired) electrons. The van der Waals surface area contributed by atoms with Gasteiger partial charge in [0.15, 0.2) is 0 Å². The van der Waals surface area contributed by atoms with E-state index in [1.54, 1.807) is 31.4 Å². The number of Topliss-reactive ketones (excluding diaryl/α,β-unsaturated/α-hetero) is 1. The van der Waals surface area contributed by atoms with Crippen molar-refractivity contribution in [3.63, 3.8) is 0 Å². The van der Waals surface area contributed by atoms with Crippen LogP contribution in [0.3, 0.4) is 0 Å². The summed E-state index contributed by atoms with van der Waals surface area (Å²) in [5.41, 5.74) is 5.98. The zero-order chi connectivity index (χ0) is 32.2. The average Bonchev–Trinajstić information content (AvgIpc) is 2.98. The number of hydrogen-bond acceptors (Lipinski definition) is 6. The maximum atomic E-state index is 14.5. The lowest BCUT2D eigenvalue weighted by molar-refractivity contribution is -0.148. The number of amides is 3. The third kappa shape index (κ3) is 11.2. The largest absolute Gasteiger partial charge is 0.497 e. The Bertz CT molecular complexity index is 1060. The fourth-order valence-corrected chi connectivity index (χ4v) is 5.61. The molecule has 1 aromatic carbocycles. The number of hydrogen-bond donors (Lipinski definition) is 3. The van der Waals surface area contributed by atoms with Crippen LogP contribution in [0.4, 0.5) is 8.78 Å². The first kappa shape index (κ1) is 36.1. The molecule has 3 amide bonds. The molecule has 4 N–H and O–H groups in total. The van der Waals surface area contributed by atoms with Crippen LogP contribution in [-0.2, 0) is 25.6 Å². The van der Waals surface area contributed by atoms with Gasteiger partial charge < -0.3 is 26.0 Å². The van der Waals surface area contributed by atoms with Crippen LogP contribution in [-0.4, -0.2) is 73.2 Å². The molecule has 0 unspecified atom stereocenters. The minimum Gasteiger partial charge on any atom is -0.497 e. The Balaban J connectivity index is 2.31. The summed E-state index contributed by atoms with van der Waals surface area (Å²) in [4.78, 5) is 54.4. The second-order valence-electron chi connectivity index (χ2n) is 12.1. The molecule has 3 atom stereocenters. The van der Waals surface area contributed by atoms with Crippen molar-refractivity contribution >= 4 is 23.5 Å². The zero-order valence-electron chi connectivity index (χ0n) is 26.3. The molecule has 43 heavy (non-hydrogen) atoms. The van der Waals surface area contributed by atoms with Gasteiger partial charge in [-0.05, 0) is 42.4 Å². The first-order valence-electron chi connectivity index (χ1n) is 15.4. The van der Waals surface area contributed by atoms with Crippen LogP contribution in [0.25, 0.3) is 0 Å². The lowest BCUT2D eigenvalue weighted by Gasteiger charge is -2.33. The quantitative estimate of drug-likeness (QED) is 0.245. The molecule has 11 heteroatoms. The Labute approximate surface area is 254 Å². The Morgan fingerprint density at radius 3 is 2.21 bits per heavy atom. The van der Waals surface area contributed by atoms with E-state index in [0.717, 1.165) is 37.7 Å². The van der Waals surface area contributed by atoms with E-state index in [1.807, 2.05) is 20.8 Å². The molecule has 1 aliphatic carbocycles. The van der Waals surface area contributed by atoms with E-state index < -0.39 is 48.2 Å². The van der Waals surface area contributed by atoms with Crippen LogP contribution in [0.1, 0.15) is 84.1 Å². The number of nitrogens with zero attached hydrogens (tertiary/aromatic N) is 1. The van der Waals surface area contributed by atoms with Crippen molar-refractivity contribution in [3.05, 3.63) is 29.8 Å². The number of rotatable bonds is 17. The second-order valence-corrected chi connectivity index (χ2v) is 12.1. The summed E-state index contributed by atoms with van der Waals surface area (Å²) in [6.07, 6.45) is 5.78. The maximum absolute atomic E-state index is 14.5. The normalized spacial score (nSPS) is 16.2. The first-order valence-corrected chi connectivity index (χ1v) is 15.4. The van der Waals surface area contributed by atoms with Crippen molar-refractivity contribution in [2.24, 2.45) is 17.6 Å². The number of halogens is 2. The van der Waals surface area contributed by atoms with Crippen LogP contribution in [0, 0.1) is 11.8 Å². The van der Waals surface area contributed by atoms with Gasteiger partial charge in [0.05, 0.1) is 19.7 Å². The summed E-state index contributed by atoms with van der Waals surface area (Å²) < 4.78 is 34.2. The maximum Gasteiger partial charge on any atom is 0.319 e. The zero-order valence-corrected chi connectivity index (χ0v) is 26.3. The topological polar surface area (TPSA) is 131 Å². The predicted octanol–water partition coefficient (Wildman–Crippen LogP) is 4.01. The number of ketones is 1. The van der Waals surface area contributed by atoms with E-state index in [9.17, 15) is 28.0 Å². The summed E-state index contributed by atoms with van der Waals surface area (Å²) in [7, 11) is 3.01. The number of carbonyl (C=O) groups excluding carboxylic acids is 4. The summed E-state index contributed by atoms with van der Waals surface area (Å²) in [5, 5.41) is 5.40. The highest BCUT2D eigenvalue weighted by Crippen LogP contribution is 2.29. The van der Waals surface area contributed by atoms with Gasteiger partial charge in [-0.25, -0.2) is 0 Å². The van der Waals surface area contributed by atoms with Gasteiger partial charge >= 0.3 is 5.92 Å². The van der Waals surface area contributed by atoms with Crippen LogP contribution in [0.2, 0.25) is 0 Å². The van der Waals surface area contributed by atoms with Crippen LogP contribution >= 0.6 is 0 Å². The van der Waals surface area contributed by atoms with Crippen LogP contribution in [0.15, 0.2) is 24.3 Å². The molecule has 0 saturated heterocycles. The molecular weight excluding hydrogens is 558 g/mol. The van der Waals surface area contributed by atoms with E-state index in [2.05, 4.69) is 10.6 Å². The van der Waals surface area contributed by atoms with E-state index in [-0.39, 0.29) is 43.4 Å². The molecule has 2 rings (SSSR count). The molecule has 0 bridgehead atoms. The van der Waals surface area contributed by atoms with Crippen molar-refractivity contribution in [1.29, 1.82) is 0 Å². The highest BCUT2D eigenvalue weighted by atomic mass is 19.3. The smallest absolute Gasteiger partial charge is 0.319 e. The van der Waals surface area contributed by atoms with E-state index >= 15 is 0 Å². The van der Waals surface area contributed by atoms with E-state index in [0.29, 0.717) is 12.2 Å². The second kappa shape index (κ2) is 17.3. The Kier molecular flexibility index (Phi) is 14.5. The van der Waals surface area contributed by atoms with E-state index in [4.69, 9.17) is 10.5 Å². The van der Waals surface area contributed by atoms with Gasteiger partial charge in [0.2, 0.25) is 23.5 Å². The van der Waals surface area contributed by atoms with Gasteiger partial charge in [0.1, 0.15) is 17.8 Å². The summed E-state index contributed by atoms with van der Waals surface area (Å²) in [5.74, 6) is -5.92. The lowest BCUT2D eigenvalue weighted by atomic mass is 9.83. The highest BCUT2D eigenvalue weighted by molar-refractivity contribution is 5.96. The number of benzene rings is 1. The summed E-state index contributed by atoms with van der Waals surface area (Å²) >= 11 is 0. The third-order valence-corrected chi connectivity index (χ3v) is 8.05. The fraction of sp³-hybridized carbons (Fsp3) is 0.688. The van der Waals surface area contributed by atoms with E-state index in [1.165, 1.54) is 11.9 Å². The third-order valence-electron chi connectivity index (χ3n) is 8.05. The number of methoxy groups -OCH3 is 1. The molecule has 0 aromatic heterocycles. The van der Waals surface area contributed by atoms with Gasteiger partial charge in [-0.1, -0.05) is 71.4 Å². The van der Waals surface area contributed by atoms with Crippen LogP contribution < -0.4 is 21.1 Å². The fourth-order valence-electron chi connectivity index (χ4n) is 5.61. The summed E-state index contributed by atoms with van der Waals surface area (Å²) in [6, 6.07) is 3.67. The molecule has 1 fully saturated rings. The molecule has 1 aromatic rings. The number of ether oxygens (including phenoxy) is 1. The van der Waals surface area contributed by atoms with Gasteiger partial charge in [-0.15, -0.1) is 0 Å². The molecule has 0 heterocycles. The Morgan fingerprint density at radius 2 is 1.67 bits per heavy atom. The summed E-state index contributed by atoms with van der Waals surface area (Å²) in [6.45, 7) is 4.48. The average molecular weight is 609 g/mol. The number of nitrogens with one attached hydrogen (secondary N) is 2. The molecular formula is C32H50F2N4O5. The number of alkyl halides is 2. The molecule has 1 saturated carbocycles. The Morgan fingerprint density at radius 1 is 1.05 bits per heavy atom.